The smallest absolute Gasteiger partial charge is 0.321 e. The van der Waals surface area contributed by atoms with Crippen LogP contribution in [-0.4, -0.2) is 16.0 Å². The molecule has 74 valence electrons. The number of alkyl halides is 1. The molecule has 0 amide bonds. The molecule has 0 aliphatic carbocycles. The van der Waals surface area contributed by atoms with Crippen molar-refractivity contribution in [2.45, 2.75) is 4.83 Å². The van der Waals surface area contributed by atoms with E-state index in [0.29, 0.717) is 5.56 Å². The number of nitro benzene ring substituents is 1. The van der Waals surface area contributed by atoms with Crippen molar-refractivity contribution in [3.05, 3.63) is 39.9 Å². The van der Waals surface area contributed by atoms with Gasteiger partial charge in [0.2, 0.25) is 0 Å². The van der Waals surface area contributed by atoms with Crippen LogP contribution in [0.4, 0.5) is 5.69 Å². The number of hydrogen-bond donors (Lipinski definition) is 1. The van der Waals surface area contributed by atoms with Crippen molar-refractivity contribution in [2.24, 2.45) is 0 Å². The van der Waals surface area contributed by atoms with E-state index in [2.05, 4.69) is 15.9 Å². The lowest BCUT2D eigenvalue weighted by molar-refractivity contribution is -0.384. The number of nitrogens with zero attached hydrogens (tertiary/aromatic N) is 1. The fraction of sp³-hybridized carbons (Fsp3) is 0.125. The van der Waals surface area contributed by atoms with Crippen molar-refractivity contribution in [2.75, 3.05) is 0 Å². The lowest BCUT2D eigenvalue weighted by atomic mass is 10.1. The Morgan fingerprint density at radius 2 is 1.93 bits per heavy atom. The van der Waals surface area contributed by atoms with Crippen LogP contribution in [-0.2, 0) is 4.79 Å². The monoisotopic (exact) mass is 259 g/mol. The van der Waals surface area contributed by atoms with Crippen molar-refractivity contribution in [1.29, 1.82) is 0 Å². The molecule has 14 heavy (non-hydrogen) atoms. The van der Waals surface area contributed by atoms with Gasteiger partial charge in [0.25, 0.3) is 5.69 Å². The number of carboxylic acid groups (broad SMARTS) is 1. The van der Waals surface area contributed by atoms with Crippen molar-refractivity contribution in [1.82, 2.24) is 0 Å². The highest BCUT2D eigenvalue weighted by molar-refractivity contribution is 9.09. The number of halogens is 1. The van der Waals surface area contributed by atoms with E-state index in [9.17, 15) is 14.9 Å². The first-order chi connectivity index (χ1) is 6.52. The first kappa shape index (κ1) is 10.6. The van der Waals surface area contributed by atoms with Gasteiger partial charge in [-0.25, -0.2) is 0 Å². The van der Waals surface area contributed by atoms with Crippen LogP contribution in [0.2, 0.25) is 0 Å². The maximum absolute atomic E-state index is 10.5. The summed E-state index contributed by atoms with van der Waals surface area (Å²) in [6.45, 7) is 0. The van der Waals surface area contributed by atoms with Gasteiger partial charge < -0.3 is 5.11 Å². The predicted octanol–water partition coefficient (Wildman–Crippen LogP) is 2.12. The van der Waals surface area contributed by atoms with E-state index >= 15 is 0 Å². The maximum atomic E-state index is 10.5. The zero-order valence-corrected chi connectivity index (χ0v) is 8.47. The molecule has 0 radical (unpaired) electrons. The van der Waals surface area contributed by atoms with Gasteiger partial charge in [-0.3, -0.25) is 14.9 Å². The Bertz CT molecular complexity index is 362. The third-order valence-corrected chi connectivity index (χ3v) is 2.53. The standard InChI is InChI=1S/C8H6BrNO4/c9-7(8(11)12)5-1-3-6(4-2-5)10(13)14/h1-4,7H,(H,11,12). The average molecular weight is 260 g/mol. The molecule has 0 saturated carbocycles. The van der Waals surface area contributed by atoms with E-state index in [1.54, 1.807) is 0 Å². The van der Waals surface area contributed by atoms with E-state index in [1.165, 1.54) is 24.3 Å². The fourth-order valence-corrected chi connectivity index (χ4v) is 1.21. The van der Waals surface area contributed by atoms with Crippen LogP contribution >= 0.6 is 15.9 Å². The van der Waals surface area contributed by atoms with E-state index in [1.807, 2.05) is 0 Å². The van der Waals surface area contributed by atoms with Crippen LogP contribution in [0.1, 0.15) is 10.4 Å². The van der Waals surface area contributed by atoms with E-state index in [4.69, 9.17) is 5.11 Å². The highest BCUT2D eigenvalue weighted by atomic mass is 79.9. The van der Waals surface area contributed by atoms with Crippen LogP contribution < -0.4 is 0 Å². The third kappa shape index (κ3) is 2.29. The van der Waals surface area contributed by atoms with Gasteiger partial charge in [0.15, 0.2) is 0 Å². The Morgan fingerprint density at radius 3 is 2.29 bits per heavy atom. The summed E-state index contributed by atoms with van der Waals surface area (Å²) < 4.78 is 0. The van der Waals surface area contributed by atoms with Gasteiger partial charge in [0, 0.05) is 12.1 Å². The van der Waals surface area contributed by atoms with Crippen LogP contribution in [0.3, 0.4) is 0 Å². The number of aliphatic carboxylic acids is 1. The minimum Gasteiger partial charge on any atom is -0.480 e. The number of rotatable bonds is 3. The molecule has 6 heteroatoms. The Labute approximate surface area is 87.6 Å². The minimum absolute atomic E-state index is 0.0566. The largest absolute Gasteiger partial charge is 0.480 e. The van der Waals surface area contributed by atoms with Gasteiger partial charge >= 0.3 is 5.97 Å². The highest BCUT2D eigenvalue weighted by Gasteiger charge is 2.16. The van der Waals surface area contributed by atoms with Gasteiger partial charge in [0.1, 0.15) is 4.83 Å². The maximum Gasteiger partial charge on any atom is 0.321 e. The molecule has 1 atom stereocenters. The zero-order chi connectivity index (χ0) is 10.7. The van der Waals surface area contributed by atoms with Crippen LogP contribution in [0.25, 0.3) is 0 Å². The molecule has 1 aromatic carbocycles. The second-order valence-electron chi connectivity index (χ2n) is 2.55. The normalized spacial score (nSPS) is 12.1. The Hall–Kier alpha value is -1.43. The van der Waals surface area contributed by atoms with Crippen molar-refractivity contribution >= 4 is 27.6 Å². The van der Waals surface area contributed by atoms with E-state index < -0.39 is 15.7 Å². The zero-order valence-electron chi connectivity index (χ0n) is 6.88. The summed E-state index contributed by atoms with van der Waals surface area (Å²) in [5.74, 6) is -1.03. The molecule has 0 bridgehead atoms. The summed E-state index contributed by atoms with van der Waals surface area (Å²) in [5.41, 5.74) is 0.418. The minimum atomic E-state index is -1.03. The molecular weight excluding hydrogens is 254 g/mol. The van der Waals surface area contributed by atoms with Crippen LogP contribution in [0.15, 0.2) is 24.3 Å². The average Bonchev–Trinajstić information content (AvgIpc) is 2.16. The SMILES string of the molecule is O=C(O)C(Br)c1ccc([N+](=O)[O-])cc1. The summed E-state index contributed by atoms with van der Waals surface area (Å²) in [6.07, 6.45) is 0. The molecule has 1 N–H and O–H groups in total. The van der Waals surface area contributed by atoms with Gasteiger partial charge in [-0.15, -0.1) is 0 Å². The first-order valence-electron chi connectivity index (χ1n) is 3.63. The van der Waals surface area contributed by atoms with Crippen molar-refractivity contribution in [3.8, 4) is 0 Å². The van der Waals surface area contributed by atoms with Crippen LogP contribution in [0, 0.1) is 10.1 Å². The number of non-ortho nitro benzene ring substituents is 1. The summed E-state index contributed by atoms with van der Waals surface area (Å²) in [4.78, 5) is 19.5. The molecule has 1 unspecified atom stereocenters. The highest BCUT2D eigenvalue weighted by Crippen LogP contribution is 2.24. The number of benzene rings is 1. The molecule has 1 rings (SSSR count). The number of carbonyl (C=O) groups is 1. The molecular formula is C8H6BrNO4. The number of nitro groups is 1. The van der Waals surface area contributed by atoms with E-state index in [-0.39, 0.29) is 5.69 Å². The molecule has 1 aromatic rings. The van der Waals surface area contributed by atoms with Crippen molar-refractivity contribution in [3.63, 3.8) is 0 Å². The Morgan fingerprint density at radius 1 is 1.43 bits per heavy atom. The first-order valence-corrected chi connectivity index (χ1v) is 4.55. The molecule has 0 aromatic heterocycles. The quantitative estimate of drug-likeness (QED) is 0.512. The third-order valence-electron chi connectivity index (χ3n) is 1.61. The Balaban J connectivity index is 2.94. The fourth-order valence-electron chi connectivity index (χ4n) is 0.908. The molecule has 0 fully saturated rings. The lowest BCUT2D eigenvalue weighted by Crippen LogP contribution is -2.04. The molecule has 0 spiro atoms. The van der Waals surface area contributed by atoms with Crippen LogP contribution in [0.5, 0.6) is 0 Å². The van der Waals surface area contributed by atoms with Crippen molar-refractivity contribution < 1.29 is 14.8 Å². The van der Waals surface area contributed by atoms with Gasteiger partial charge in [-0.1, -0.05) is 28.1 Å². The number of carboxylic acids is 1. The second-order valence-corrected chi connectivity index (χ2v) is 3.47. The lowest BCUT2D eigenvalue weighted by Gasteiger charge is -2.03. The molecule has 0 heterocycles. The topological polar surface area (TPSA) is 80.4 Å². The summed E-state index contributed by atoms with van der Waals surface area (Å²) in [6, 6.07) is 5.36. The molecule has 5 nitrogen and oxygen atoms in total. The Kier molecular flexibility index (Phi) is 3.19. The summed E-state index contributed by atoms with van der Waals surface area (Å²) in [7, 11) is 0. The summed E-state index contributed by atoms with van der Waals surface area (Å²) in [5, 5.41) is 18.9. The van der Waals surface area contributed by atoms with Gasteiger partial charge in [-0.2, -0.15) is 0 Å². The molecule has 0 aliphatic rings. The molecule has 0 saturated heterocycles. The van der Waals surface area contributed by atoms with Gasteiger partial charge in [-0.05, 0) is 5.56 Å². The second kappa shape index (κ2) is 4.19. The van der Waals surface area contributed by atoms with Gasteiger partial charge in [0.05, 0.1) is 4.92 Å². The summed E-state index contributed by atoms with van der Waals surface area (Å²) >= 11 is 2.94. The van der Waals surface area contributed by atoms with E-state index in [0.717, 1.165) is 0 Å². The number of hydrogen-bond acceptors (Lipinski definition) is 3. The molecule has 0 aliphatic heterocycles. The predicted molar refractivity (Wildman–Crippen MR) is 52.4 cm³/mol.